The molecule has 0 spiro atoms. The van der Waals surface area contributed by atoms with Gasteiger partial charge in [0.25, 0.3) is 0 Å². The molecule has 10 heteroatoms. The maximum Gasteiger partial charge on any atom is 0.354 e. The van der Waals surface area contributed by atoms with Gasteiger partial charge in [0.2, 0.25) is 5.88 Å². The maximum absolute atomic E-state index is 13.1. The van der Waals surface area contributed by atoms with Gasteiger partial charge in [0.15, 0.2) is 9.92 Å². The molecule has 162 valence electrons. The minimum absolute atomic E-state index is 0.0829. The highest BCUT2D eigenvalue weighted by molar-refractivity contribution is 7.91. The summed E-state index contributed by atoms with van der Waals surface area (Å²) in [6.45, 7) is 1.11. The molecular formula is C21H24N6O3S. The molecule has 2 amide bonds. The number of carbonyl (C=O) groups is 1. The van der Waals surface area contributed by atoms with Gasteiger partial charge in [-0.2, -0.15) is 10.4 Å². The Morgan fingerprint density at radius 1 is 1.39 bits per heavy atom. The fraction of sp³-hybridized carbons (Fsp3) is 0.476. The third-order valence-corrected chi connectivity index (χ3v) is 7.66. The summed E-state index contributed by atoms with van der Waals surface area (Å²) in [4.78, 5) is 13.0. The van der Waals surface area contributed by atoms with Crippen LogP contribution in [0, 0.1) is 11.3 Å². The van der Waals surface area contributed by atoms with Crippen LogP contribution in [0.5, 0.6) is 5.88 Å². The van der Waals surface area contributed by atoms with Crippen molar-refractivity contribution in [1.29, 1.82) is 5.26 Å². The summed E-state index contributed by atoms with van der Waals surface area (Å²) in [5.74, 6) is 0.394. The van der Waals surface area contributed by atoms with E-state index in [1.165, 1.54) is 17.3 Å². The van der Waals surface area contributed by atoms with Crippen molar-refractivity contribution >= 4 is 21.6 Å². The quantitative estimate of drug-likeness (QED) is 0.756. The predicted octanol–water partition coefficient (Wildman–Crippen LogP) is 3.03. The fourth-order valence-electron chi connectivity index (χ4n) is 4.98. The van der Waals surface area contributed by atoms with Crippen LogP contribution in [0.2, 0.25) is 0 Å². The number of rotatable bonds is 3. The summed E-state index contributed by atoms with van der Waals surface area (Å²) in [7, 11) is -3.53. The van der Waals surface area contributed by atoms with E-state index in [1.807, 2.05) is 0 Å². The number of benzene rings is 1. The number of nitrogens with two attached hydrogens (primary N) is 1. The van der Waals surface area contributed by atoms with Gasteiger partial charge in [-0.05, 0) is 60.3 Å². The van der Waals surface area contributed by atoms with Crippen LogP contribution in [0.15, 0.2) is 21.5 Å². The molecule has 2 atom stereocenters. The number of aryl methyl sites for hydroxylation is 3. The zero-order valence-electron chi connectivity index (χ0n) is 17.1. The highest BCUT2D eigenvalue weighted by Gasteiger charge is 2.31. The van der Waals surface area contributed by atoms with E-state index in [1.54, 1.807) is 4.68 Å². The van der Waals surface area contributed by atoms with Gasteiger partial charge in [-0.25, -0.2) is 18.8 Å². The number of ether oxygens (including phenoxy) is 1. The van der Waals surface area contributed by atoms with Crippen molar-refractivity contribution < 1.29 is 13.7 Å². The van der Waals surface area contributed by atoms with Crippen LogP contribution >= 0.6 is 0 Å². The van der Waals surface area contributed by atoms with Crippen LogP contribution in [-0.4, -0.2) is 26.6 Å². The standard InChI is InChI=1S/C21H24N6O3S/c22-8-7-13-5-6-15-11-14-3-1-4-16(14)19(18(13)15)25-21(28)26-31(23,29)17-12-24-27-9-2-10-30-20(17)27/h11-13H,1-7,9-10H2,(H3,23,25,26,28,29)/t13-,31?/m1/s1. The second kappa shape index (κ2) is 7.66. The predicted molar refractivity (Wildman–Crippen MR) is 114 cm³/mol. The van der Waals surface area contributed by atoms with Gasteiger partial charge >= 0.3 is 6.03 Å². The van der Waals surface area contributed by atoms with Crippen LogP contribution < -0.4 is 15.2 Å². The van der Waals surface area contributed by atoms with Crippen molar-refractivity contribution in [2.45, 2.75) is 62.3 Å². The number of nitrogens with zero attached hydrogens (tertiary/aromatic N) is 4. The average molecular weight is 441 g/mol. The van der Waals surface area contributed by atoms with Crippen LogP contribution in [0.25, 0.3) is 0 Å². The van der Waals surface area contributed by atoms with E-state index in [2.05, 4.69) is 26.9 Å². The lowest BCUT2D eigenvalue weighted by Crippen LogP contribution is -2.21. The molecule has 2 aromatic rings. The molecule has 0 bridgehead atoms. The van der Waals surface area contributed by atoms with E-state index in [0.717, 1.165) is 55.3 Å². The van der Waals surface area contributed by atoms with E-state index >= 15 is 0 Å². The molecule has 1 aromatic carbocycles. The Hall–Kier alpha value is -2.90. The van der Waals surface area contributed by atoms with Crippen molar-refractivity contribution in [2.75, 3.05) is 11.9 Å². The minimum Gasteiger partial charge on any atom is -0.477 e. The van der Waals surface area contributed by atoms with Crippen molar-refractivity contribution in [2.24, 2.45) is 9.50 Å². The molecule has 1 unspecified atom stereocenters. The first-order valence-corrected chi connectivity index (χ1v) is 12.1. The largest absolute Gasteiger partial charge is 0.477 e. The molecule has 0 radical (unpaired) electrons. The molecule has 1 aliphatic heterocycles. The van der Waals surface area contributed by atoms with E-state index < -0.39 is 15.9 Å². The van der Waals surface area contributed by atoms with Crippen molar-refractivity contribution in [3.05, 3.63) is 34.5 Å². The molecule has 3 aliphatic rings. The van der Waals surface area contributed by atoms with Gasteiger partial charge in [-0.3, -0.25) is 0 Å². The molecule has 0 fully saturated rings. The van der Waals surface area contributed by atoms with Crippen LogP contribution in [-0.2, 0) is 35.7 Å². The first kappa shape index (κ1) is 20.0. The van der Waals surface area contributed by atoms with Gasteiger partial charge in [0, 0.05) is 25.1 Å². The zero-order valence-corrected chi connectivity index (χ0v) is 17.9. The number of amides is 2. The van der Waals surface area contributed by atoms with Crippen LogP contribution in [0.3, 0.4) is 0 Å². The molecule has 9 nitrogen and oxygen atoms in total. The highest BCUT2D eigenvalue weighted by Crippen LogP contribution is 2.45. The van der Waals surface area contributed by atoms with Crippen molar-refractivity contribution in [3.63, 3.8) is 0 Å². The zero-order chi connectivity index (χ0) is 21.6. The maximum atomic E-state index is 13.1. The topological polar surface area (TPSA) is 135 Å². The van der Waals surface area contributed by atoms with Crippen molar-refractivity contribution in [1.82, 2.24) is 9.78 Å². The number of fused-ring (bicyclic) bond motifs is 3. The fourth-order valence-corrected chi connectivity index (χ4v) is 5.98. The van der Waals surface area contributed by atoms with E-state index in [-0.39, 0.29) is 10.8 Å². The number of aromatic nitrogens is 2. The summed E-state index contributed by atoms with van der Waals surface area (Å²) >= 11 is 0. The second-order valence-corrected chi connectivity index (χ2v) is 10.0. The summed E-state index contributed by atoms with van der Waals surface area (Å²) in [6.07, 6.45) is 7.20. The Labute approximate surface area is 180 Å². The first-order chi connectivity index (χ1) is 15.0. The number of urea groups is 1. The average Bonchev–Trinajstić information content (AvgIpc) is 3.46. The first-order valence-electron chi connectivity index (χ1n) is 10.6. The Morgan fingerprint density at radius 3 is 3.10 bits per heavy atom. The molecule has 5 rings (SSSR count). The number of nitriles is 1. The van der Waals surface area contributed by atoms with Crippen LogP contribution in [0.4, 0.5) is 10.5 Å². The Balaban J connectivity index is 1.51. The number of hydrogen-bond donors (Lipinski definition) is 2. The normalized spacial score (nSPS) is 20.6. The molecule has 2 aliphatic carbocycles. The summed E-state index contributed by atoms with van der Waals surface area (Å²) in [5, 5.41) is 22.3. The summed E-state index contributed by atoms with van der Waals surface area (Å²) < 4.78 is 24.1. The minimum atomic E-state index is -3.53. The number of nitrogens with one attached hydrogen (secondary N) is 1. The second-order valence-electron chi connectivity index (χ2n) is 8.24. The molecule has 1 aromatic heterocycles. The lowest BCUT2D eigenvalue weighted by atomic mass is 9.92. The molecular weight excluding hydrogens is 416 g/mol. The highest BCUT2D eigenvalue weighted by atomic mass is 32.2. The van der Waals surface area contributed by atoms with Crippen molar-refractivity contribution in [3.8, 4) is 11.9 Å². The van der Waals surface area contributed by atoms with Gasteiger partial charge in [0.1, 0.15) is 4.90 Å². The van der Waals surface area contributed by atoms with E-state index in [0.29, 0.717) is 25.5 Å². The lowest BCUT2D eigenvalue weighted by Gasteiger charge is -2.18. The smallest absolute Gasteiger partial charge is 0.354 e. The Morgan fingerprint density at radius 2 is 2.26 bits per heavy atom. The molecule has 31 heavy (non-hydrogen) atoms. The van der Waals surface area contributed by atoms with Gasteiger partial charge in [-0.1, -0.05) is 6.07 Å². The third kappa shape index (κ3) is 3.47. The molecule has 0 saturated carbocycles. The summed E-state index contributed by atoms with van der Waals surface area (Å²) in [5.41, 5.74) is 5.28. The van der Waals surface area contributed by atoms with Gasteiger partial charge < -0.3 is 10.1 Å². The number of carbonyl (C=O) groups excluding carboxylic acids is 1. The third-order valence-electron chi connectivity index (χ3n) is 6.31. The molecule has 0 saturated heterocycles. The lowest BCUT2D eigenvalue weighted by molar-refractivity contribution is 0.224. The summed E-state index contributed by atoms with van der Waals surface area (Å²) in [6, 6.07) is 3.73. The number of hydrogen-bond acceptors (Lipinski definition) is 5. The Kier molecular flexibility index (Phi) is 4.95. The van der Waals surface area contributed by atoms with Gasteiger partial charge in [-0.15, -0.1) is 4.36 Å². The SMILES string of the molecule is N#CC[C@H]1CCc2cc3c(c(NC(=O)N=S(N)(=O)c4cnn5c4OCCC5)c21)CCC3. The van der Waals surface area contributed by atoms with Gasteiger partial charge in [0.05, 0.1) is 18.9 Å². The molecule has 3 N–H and O–H groups in total. The van der Waals surface area contributed by atoms with E-state index in [4.69, 9.17) is 9.88 Å². The Bertz CT molecular complexity index is 1230. The number of anilines is 1. The molecule has 2 heterocycles. The van der Waals surface area contributed by atoms with Crippen LogP contribution in [0.1, 0.15) is 53.9 Å². The monoisotopic (exact) mass is 440 g/mol. The van der Waals surface area contributed by atoms with E-state index in [9.17, 15) is 14.3 Å².